The largest absolute Gasteiger partial charge is 0.474 e. The summed E-state index contributed by atoms with van der Waals surface area (Å²) in [6, 6.07) is 13.3. The van der Waals surface area contributed by atoms with Crippen molar-refractivity contribution in [2.75, 3.05) is 24.9 Å². The molecule has 0 bridgehead atoms. The number of benzene rings is 2. The number of anilines is 1. The van der Waals surface area contributed by atoms with E-state index >= 15 is 0 Å². The number of nitrogens with one attached hydrogen (secondary N) is 2. The minimum Gasteiger partial charge on any atom is -0.474 e. The van der Waals surface area contributed by atoms with Crippen LogP contribution in [0.15, 0.2) is 53.6 Å². The number of ether oxygens (including phenoxy) is 1. The zero-order valence-corrected chi connectivity index (χ0v) is 20.7. The highest BCUT2D eigenvalue weighted by Crippen LogP contribution is 2.29. The van der Waals surface area contributed by atoms with E-state index in [1.165, 1.54) is 12.1 Å². The van der Waals surface area contributed by atoms with E-state index in [1.54, 1.807) is 43.5 Å². The first-order valence-electron chi connectivity index (χ1n) is 11.5. The van der Waals surface area contributed by atoms with Crippen LogP contribution in [0, 0.1) is 18.3 Å². The molecule has 1 aliphatic heterocycles. The number of sulfonamides is 1. The number of nitriles is 1. The van der Waals surface area contributed by atoms with Gasteiger partial charge in [0.05, 0.1) is 11.8 Å². The summed E-state index contributed by atoms with van der Waals surface area (Å²) >= 11 is 0. The zero-order valence-electron chi connectivity index (χ0n) is 19.9. The lowest BCUT2D eigenvalue weighted by Gasteiger charge is -2.29. The molecular weight excluding hydrogens is 478 g/mol. The molecule has 5 rings (SSSR count). The highest BCUT2D eigenvalue weighted by atomic mass is 32.2. The van der Waals surface area contributed by atoms with Crippen LogP contribution in [0.1, 0.15) is 24.0 Å². The van der Waals surface area contributed by atoms with E-state index in [9.17, 15) is 13.7 Å². The van der Waals surface area contributed by atoms with Crippen LogP contribution in [0.5, 0.6) is 5.88 Å². The molecule has 11 heteroatoms. The van der Waals surface area contributed by atoms with Crippen LogP contribution in [0.4, 0.5) is 5.69 Å². The van der Waals surface area contributed by atoms with Gasteiger partial charge in [0.1, 0.15) is 22.5 Å². The number of aromatic amines is 1. The minimum absolute atomic E-state index is 0.0576. The molecule has 1 fully saturated rings. The monoisotopic (exact) mass is 503 g/mol. The molecule has 4 aromatic rings. The molecule has 2 aromatic heterocycles. The molecule has 0 amide bonds. The van der Waals surface area contributed by atoms with Gasteiger partial charge in [-0.3, -0.25) is 9.82 Å². The van der Waals surface area contributed by atoms with Crippen molar-refractivity contribution in [1.82, 2.24) is 25.1 Å². The van der Waals surface area contributed by atoms with Crippen LogP contribution in [-0.4, -0.2) is 59.7 Å². The molecule has 2 N–H and O–H groups in total. The molecule has 3 heterocycles. The summed E-state index contributed by atoms with van der Waals surface area (Å²) < 4.78 is 34.7. The summed E-state index contributed by atoms with van der Waals surface area (Å²) in [4.78, 5) is 11.4. The summed E-state index contributed by atoms with van der Waals surface area (Å²) in [6.45, 7) is 3.70. The first-order chi connectivity index (χ1) is 17.3. The maximum atomic E-state index is 12.9. The van der Waals surface area contributed by atoms with Crippen molar-refractivity contribution >= 4 is 26.7 Å². The molecule has 0 atom stereocenters. The van der Waals surface area contributed by atoms with Crippen molar-refractivity contribution < 1.29 is 13.2 Å². The molecule has 0 aliphatic carbocycles. The molecule has 2 aromatic carbocycles. The summed E-state index contributed by atoms with van der Waals surface area (Å²) in [5.41, 5.74) is 2.44. The number of hydrogen-bond acceptors (Lipinski definition) is 8. The van der Waals surface area contributed by atoms with Gasteiger partial charge in [0.25, 0.3) is 10.0 Å². The quantitative estimate of drug-likeness (QED) is 0.408. The lowest BCUT2D eigenvalue weighted by Crippen LogP contribution is -2.35. The van der Waals surface area contributed by atoms with Crippen molar-refractivity contribution in [2.24, 2.45) is 0 Å². The molecule has 0 spiro atoms. The Morgan fingerprint density at radius 3 is 2.61 bits per heavy atom. The van der Waals surface area contributed by atoms with Gasteiger partial charge >= 0.3 is 0 Å². The number of H-pyrrole nitrogens is 1. The standard InChI is InChI=1S/C25H25N7O3S/c1-16-3-4-18(14-26)22(13-16)36(33,34)31-19-7-5-17(6-8-19)23-28-24-21(15-27-30-24)25(29-23)35-20-9-11-32(2)12-10-20/h3-8,13,15,20,31H,9-12H2,1-2H3,(H,27,28,29,30). The van der Waals surface area contributed by atoms with Gasteiger partial charge in [0.15, 0.2) is 11.5 Å². The average Bonchev–Trinajstić information content (AvgIpc) is 3.35. The third kappa shape index (κ3) is 4.86. The number of rotatable bonds is 6. The smallest absolute Gasteiger partial charge is 0.263 e. The number of aromatic nitrogens is 4. The number of fused-ring (bicyclic) bond motifs is 1. The van der Waals surface area contributed by atoms with Gasteiger partial charge in [-0.25, -0.2) is 13.4 Å². The number of piperidine rings is 1. The average molecular weight is 504 g/mol. The van der Waals surface area contributed by atoms with Gasteiger partial charge in [-0.05, 0) is 68.8 Å². The second-order valence-corrected chi connectivity index (χ2v) is 10.6. The number of nitrogens with zero attached hydrogens (tertiary/aromatic N) is 5. The molecule has 1 saturated heterocycles. The molecule has 184 valence electrons. The van der Waals surface area contributed by atoms with E-state index in [2.05, 4.69) is 36.8 Å². The molecule has 0 unspecified atom stereocenters. The van der Waals surface area contributed by atoms with E-state index in [0.717, 1.165) is 31.5 Å². The third-order valence-corrected chi connectivity index (χ3v) is 7.58. The predicted octanol–water partition coefficient (Wildman–Crippen LogP) is 3.47. The second-order valence-electron chi connectivity index (χ2n) is 8.90. The Bertz CT molecular complexity index is 1550. The summed E-state index contributed by atoms with van der Waals surface area (Å²) in [5.74, 6) is 0.918. The normalized spacial score (nSPS) is 15.0. The first-order valence-corrected chi connectivity index (χ1v) is 13.0. The van der Waals surface area contributed by atoms with Gasteiger partial charge in [-0.15, -0.1) is 0 Å². The molecule has 1 aliphatic rings. The maximum Gasteiger partial charge on any atom is 0.263 e. The third-order valence-electron chi connectivity index (χ3n) is 6.16. The van der Waals surface area contributed by atoms with E-state index < -0.39 is 10.0 Å². The summed E-state index contributed by atoms with van der Waals surface area (Å²) in [5, 5.41) is 17.0. The van der Waals surface area contributed by atoms with Crippen molar-refractivity contribution in [3.05, 3.63) is 59.8 Å². The zero-order chi connectivity index (χ0) is 25.3. The van der Waals surface area contributed by atoms with Gasteiger partial charge in [-0.2, -0.15) is 15.3 Å². The molecule has 10 nitrogen and oxygen atoms in total. The second kappa shape index (κ2) is 9.56. The van der Waals surface area contributed by atoms with Crippen LogP contribution in [0.25, 0.3) is 22.4 Å². The molecule has 36 heavy (non-hydrogen) atoms. The number of aryl methyl sites for hydroxylation is 1. The topological polar surface area (TPSA) is 137 Å². The highest BCUT2D eigenvalue weighted by molar-refractivity contribution is 7.92. The van der Waals surface area contributed by atoms with Crippen molar-refractivity contribution in [3.8, 4) is 23.3 Å². The van der Waals surface area contributed by atoms with E-state index in [4.69, 9.17) is 4.74 Å². The maximum absolute atomic E-state index is 12.9. The number of likely N-dealkylation sites (tertiary alicyclic amines) is 1. The lowest BCUT2D eigenvalue weighted by molar-refractivity contribution is 0.111. The van der Waals surface area contributed by atoms with Gasteiger partial charge in [0, 0.05) is 24.3 Å². The summed E-state index contributed by atoms with van der Waals surface area (Å²) in [7, 11) is -1.85. The fraction of sp³-hybridized carbons (Fsp3) is 0.280. The Morgan fingerprint density at radius 1 is 1.14 bits per heavy atom. The van der Waals surface area contributed by atoms with Crippen LogP contribution < -0.4 is 9.46 Å². The highest BCUT2D eigenvalue weighted by Gasteiger charge is 2.22. The van der Waals surface area contributed by atoms with Crippen LogP contribution in [0.2, 0.25) is 0 Å². The summed E-state index contributed by atoms with van der Waals surface area (Å²) in [6.07, 6.45) is 3.55. The molecular formula is C25H25N7O3S. The number of hydrogen-bond donors (Lipinski definition) is 2. The molecule has 0 saturated carbocycles. The fourth-order valence-electron chi connectivity index (χ4n) is 4.13. The van der Waals surface area contributed by atoms with Gasteiger partial charge in [-0.1, -0.05) is 6.07 Å². The lowest BCUT2D eigenvalue weighted by atomic mass is 10.1. The minimum atomic E-state index is -3.94. The van der Waals surface area contributed by atoms with Crippen LogP contribution >= 0.6 is 0 Å². The van der Waals surface area contributed by atoms with Crippen molar-refractivity contribution in [1.29, 1.82) is 5.26 Å². The fourth-order valence-corrected chi connectivity index (χ4v) is 5.43. The Balaban J connectivity index is 1.40. The Labute approximate surface area is 209 Å². The van der Waals surface area contributed by atoms with Gasteiger partial charge in [0.2, 0.25) is 5.88 Å². The Kier molecular flexibility index (Phi) is 6.30. The van der Waals surface area contributed by atoms with Crippen molar-refractivity contribution in [2.45, 2.75) is 30.8 Å². The van der Waals surface area contributed by atoms with Crippen LogP contribution in [0.3, 0.4) is 0 Å². The van der Waals surface area contributed by atoms with Crippen LogP contribution in [-0.2, 0) is 10.0 Å². The van der Waals surface area contributed by atoms with E-state index in [-0.39, 0.29) is 16.6 Å². The van der Waals surface area contributed by atoms with E-state index in [1.807, 2.05) is 6.07 Å². The first kappa shape index (κ1) is 23.7. The van der Waals surface area contributed by atoms with Gasteiger partial charge < -0.3 is 9.64 Å². The van der Waals surface area contributed by atoms with Crippen molar-refractivity contribution in [3.63, 3.8) is 0 Å². The Hall–Kier alpha value is -4.01. The molecule has 0 radical (unpaired) electrons. The van der Waals surface area contributed by atoms with E-state index in [0.29, 0.717) is 34.0 Å². The predicted molar refractivity (Wildman–Crippen MR) is 135 cm³/mol. The SMILES string of the molecule is Cc1ccc(C#N)c(S(=O)(=O)Nc2ccc(-c3nc(OC4CCN(C)CC4)c4cn[nH]c4n3)cc2)c1. The Morgan fingerprint density at radius 2 is 1.89 bits per heavy atom.